The number of nitrogens with one attached hydrogen (secondary N) is 1. The first-order valence-electron chi connectivity index (χ1n) is 6.09. The Kier molecular flexibility index (Phi) is 5.52. The number of ether oxygens (including phenoxy) is 1. The second-order valence-corrected chi connectivity index (χ2v) is 4.99. The third kappa shape index (κ3) is 4.21. The molecule has 1 heterocycles. The van der Waals surface area contributed by atoms with E-state index in [-0.39, 0.29) is 18.1 Å². The normalized spacial score (nSPS) is 13.7. The summed E-state index contributed by atoms with van der Waals surface area (Å²) in [5.74, 6) is -0.592. The molecule has 8 heteroatoms. The van der Waals surface area contributed by atoms with Crippen LogP contribution in [0.25, 0.3) is 0 Å². The largest absolute Gasteiger partial charge is 0.468 e. The molecule has 0 radical (unpaired) electrons. The van der Waals surface area contributed by atoms with Gasteiger partial charge in [-0.15, -0.1) is 0 Å². The summed E-state index contributed by atoms with van der Waals surface area (Å²) in [6.45, 7) is 3.43. The summed E-state index contributed by atoms with van der Waals surface area (Å²) < 4.78 is 5.37. The summed E-state index contributed by atoms with van der Waals surface area (Å²) in [5, 5.41) is 16.5. The lowest BCUT2D eigenvalue weighted by molar-refractivity contribution is -0.141. The van der Waals surface area contributed by atoms with Gasteiger partial charge in [-0.25, -0.2) is 4.68 Å². The molecule has 0 fully saturated rings. The molecule has 1 atom stereocenters. The lowest BCUT2D eigenvalue weighted by Gasteiger charge is -2.22. The van der Waals surface area contributed by atoms with Crippen molar-refractivity contribution in [1.29, 1.82) is 0 Å². The highest BCUT2D eigenvalue weighted by atomic mass is 35.5. The molecule has 1 rings (SSSR count). The van der Waals surface area contributed by atoms with Crippen LogP contribution in [0.5, 0.6) is 0 Å². The minimum atomic E-state index is -0.912. The van der Waals surface area contributed by atoms with Crippen molar-refractivity contribution in [3.63, 3.8) is 0 Å². The van der Waals surface area contributed by atoms with Crippen LogP contribution in [-0.2, 0) is 16.1 Å². The molecule has 0 bridgehead atoms. The van der Waals surface area contributed by atoms with Crippen LogP contribution < -0.4 is 10.9 Å². The van der Waals surface area contributed by atoms with Gasteiger partial charge in [-0.1, -0.05) is 18.5 Å². The molecule has 112 valence electrons. The Morgan fingerprint density at radius 1 is 1.65 bits per heavy atom. The minimum absolute atomic E-state index is 0.0872. The molecule has 0 saturated carbocycles. The molecular formula is C12H18ClN3O4. The first kappa shape index (κ1) is 16.5. The lowest BCUT2D eigenvalue weighted by Crippen LogP contribution is -2.34. The van der Waals surface area contributed by atoms with Gasteiger partial charge in [0.25, 0.3) is 5.56 Å². The topological polar surface area (TPSA) is 93.5 Å². The first-order valence-corrected chi connectivity index (χ1v) is 6.47. The van der Waals surface area contributed by atoms with Gasteiger partial charge in [0.2, 0.25) is 0 Å². The second kappa shape index (κ2) is 6.71. The van der Waals surface area contributed by atoms with E-state index in [1.165, 1.54) is 13.3 Å². The van der Waals surface area contributed by atoms with E-state index in [2.05, 4.69) is 15.2 Å². The monoisotopic (exact) mass is 303 g/mol. The van der Waals surface area contributed by atoms with Crippen molar-refractivity contribution in [3.8, 4) is 0 Å². The average molecular weight is 304 g/mol. The highest BCUT2D eigenvalue weighted by Crippen LogP contribution is 2.17. The van der Waals surface area contributed by atoms with Gasteiger partial charge in [0.1, 0.15) is 11.6 Å². The zero-order chi connectivity index (χ0) is 15.3. The maximum absolute atomic E-state index is 11.9. The summed E-state index contributed by atoms with van der Waals surface area (Å²) >= 11 is 5.93. The summed E-state index contributed by atoms with van der Waals surface area (Å²) in [5.41, 5.74) is -1.20. The van der Waals surface area contributed by atoms with Gasteiger partial charge < -0.3 is 15.2 Å². The molecule has 1 aromatic heterocycles. The highest BCUT2D eigenvalue weighted by Gasteiger charge is 2.19. The van der Waals surface area contributed by atoms with Gasteiger partial charge in [-0.3, -0.25) is 9.59 Å². The third-order valence-electron chi connectivity index (χ3n) is 2.91. The number of aliphatic hydroxyl groups is 1. The molecule has 0 aliphatic carbocycles. The Bertz CT molecular complexity index is 542. The van der Waals surface area contributed by atoms with Crippen molar-refractivity contribution in [1.82, 2.24) is 9.78 Å². The van der Waals surface area contributed by atoms with E-state index in [0.717, 1.165) is 4.68 Å². The Labute approximate surface area is 121 Å². The molecule has 0 amide bonds. The quantitative estimate of drug-likeness (QED) is 0.749. The summed E-state index contributed by atoms with van der Waals surface area (Å²) in [6, 6.07) is 0. The van der Waals surface area contributed by atoms with Gasteiger partial charge in [-0.05, 0) is 13.3 Å². The van der Waals surface area contributed by atoms with E-state index in [1.54, 1.807) is 6.92 Å². The Balaban J connectivity index is 2.89. The van der Waals surface area contributed by atoms with Gasteiger partial charge in [0.05, 0.1) is 24.6 Å². The molecule has 0 aromatic carbocycles. The Hall–Kier alpha value is -1.60. The van der Waals surface area contributed by atoms with Crippen LogP contribution in [-0.4, -0.2) is 40.1 Å². The molecule has 1 aromatic rings. The van der Waals surface area contributed by atoms with Crippen molar-refractivity contribution in [2.75, 3.05) is 19.0 Å². The molecule has 2 N–H and O–H groups in total. The molecular weight excluding hydrogens is 286 g/mol. The molecule has 0 spiro atoms. The standard InChI is InChI=1S/C12H18ClN3O4/c1-4-12(2,19)7-14-8-5-15-16(6-9(17)20-3)11(18)10(8)13/h5,14,19H,4,6-7H2,1-3H3. The fraction of sp³-hybridized carbons (Fsp3) is 0.583. The SMILES string of the molecule is CCC(C)(O)CNc1cnn(CC(=O)OC)c(=O)c1Cl. The van der Waals surface area contributed by atoms with Gasteiger partial charge >= 0.3 is 5.97 Å². The van der Waals surface area contributed by atoms with Gasteiger partial charge in [0.15, 0.2) is 0 Å². The minimum Gasteiger partial charge on any atom is -0.468 e. The maximum atomic E-state index is 11.9. The number of carbonyl (C=O) groups is 1. The van der Waals surface area contributed by atoms with Crippen LogP contribution in [0.4, 0.5) is 5.69 Å². The number of carbonyl (C=O) groups excluding carboxylic acids is 1. The number of hydrogen-bond acceptors (Lipinski definition) is 6. The molecule has 0 aliphatic heterocycles. The average Bonchev–Trinajstić information content (AvgIpc) is 2.43. The summed E-state index contributed by atoms with van der Waals surface area (Å²) in [4.78, 5) is 23.0. The molecule has 0 aliphatic rings. The Morgan fingerprint density at radius 3 is 2.85 bits per heavy atom. The van der Waals surface area contributed by atoms with Crippen molar-refractivity contribution in [2.45, 2.75) is 32.4 Å². The predicted octanol–water partition coefficient (Wildman–Crippen LogP) is 0.643. The number of nitrogens with zero attached hydrogens (tertiary/aromatic N) is 2. The highest BCUT2D eigenvalue weighted by molar-refractivity contribution is 6.32. The van der Waals surface area contributed by atoms with Crippen LogP contribution in [0, 0.1) is 0 Å². The molecule has 0 saturated heterocycles. The fourth-order valence-corrected chi connectivity index (χ4v) is 1.51. The van der Waals surface area contributed by atoms with Crippen molar-refractivity contribution >= 4 is 23.3 Å². The van der Waals surface area contributed by atoms with Crippen molar-refractivity contribution in [3.05, 3.63) is 21.6 Å². The van der Waals surface area contributed by atoms with E-state index in [9.17, 15) is 14.7 Å². The van der Waals surface area contributed by atoms with Crippen molar-refractivity contribution in [2.24, 2.45) is 0 Å². The lowest BCUT2D eigenvalue weighted by atomic mass is 10.0. The number of hydrogen-bond donors (Lipinski definition) is 2. The summed E-state index contributed by atoms with van der Waals surface area (Å²) in [7, 11) is 1.22. The molecule has 7 nitrogen and oxygen atoms in total. The van der Waals surface area contributed by atoms with E-state index in [4.69, 9.17) is 11.6 Å². The summed E-state index contributed by atoms with van der Waals surface area (Å²) in [6.07, 6.45) is 1.88. The van der Waals surface area contributed by atoms with Crippen LogP contribution in [0.2, 0.25) is 5.02 Å². The molecule has 1 unspecified atom stereocenters. The Morgan fingerprint density at radius 2 is 2.30 bits per heavy atom. The second-order valence-electron chi connectivity index (χ2n) is 4.62. The number of esters is 1. The van der Waals surface area contributed by atoms with Gasteiger partial charge in [-0.2, -0.15) is 5.10 Å². The van der Waals surface area contributed by atoms with Crippen LogP contribution in [0.3, 0.4) is 0 Å². The van der Waals surface area contributed by atoms with Gasteiger partial charge in [0, 0.05) is 6.54 Å². The predicted molar refractivity (Wildman–Crippen MR) is 74.9 cm³/mol. The fourth-order valence-electron chi connectivity index (χ4n) is 1.30. The zero-order valence-corrected chi connectivity index (χ0v) is 12.4. The van der Waals surface area contributed by atoms with Crippen LogP contribution in [0.1, 0.15) is 20.3 Å². The number of halogens is 1. The number of rotatable bonds is 6. The number of anilines is 1. The number of methoxy groups -OCH3 is 1. The third-order valence-corrected chi connectivity index (χ3v) is 3.28. The van der Waals surface area contributed by atoms with E-state index < -0.39 is 17.1 Å². The van der Waals surface area contributed by atoms with Crippen molar-refractivity contribution < 1.29 is 14.6 Å². The van der Waals surface area contributed by atoms with Crippen LogP contribution in [0.15, 0.2) is 11.0 Å². The maximum Gasteiger partial charge on any atom is 0.327 e. The zero-order valence-electron chi connectivity index (χ0n) is 11.6. The van der Waals surface area contributed by atoms with E-state index in [1.807, 2.05) is 6.92 Å². The van der Waals surface area contributed by atoms with E-state index >= 15 is 0 Å². The molecule has 20 heavy (non-hydrogen) atoms. The first-order chi connectivity index (χ1) is 9.30. The van der Waals surface area contributed by atoms with E-state index in [0.29, 0.717) is 12.1 Å². The number of aromatic nitrogens is 2. The van der Waals surface area contributed by atoms with Crippen LogP contribution >= 0.6 is 11.6 Å². The smallest absolute Gasteiger partial charge is 0.327 e.